The van der Waals surface area contributed by atoms with Crippen LogP contribution in [0.4, 0.5) is 0 Å². The van der Waals surface area contributed by atoms with Crippen LogP contribution in [0.25, 0.3) is 0 Å². The lowest BCUT2D eigenvalue weighted by Crippen LogP contribution is -2.28. The van der Waals surface area contributed by atoms with Crippen molar-refractivity contribution in [3.05, 3.63) is 0 Å². The molecule has 15 heavy (non-hydrogen) atoms. The van der Waals surface area contributed by atoms with E-state index in [1.807, 2.05) is 0 Å². The number of hydrogen-bond donors (Lipinski definition) is 1. The molecule has 1 N–H and O–H groups in total. The molecule has 1 rings (SSSR count). The molecule has 0 heterocycles. The molecule has 0 radical (unpaired) electrons. The second kappa shape index (κ2) is 6.85. The van der Waals surface area contributed by atoms with Gasteiger partial charge in [-0.05, 0) is 38.1 Å². The lowest BCUT2D eigenvalue weighted by Gasteiger charge is -2.27. The zero-order valence-electron chi connectivity index (χ0n) is 10.1. The Labute approximate surface area is 94.1 Å². The zero-order valence-corrected chi connectivity index (χ0v) is 10.1. The van der Waals surface area contributed by atoms with E-state index in [0.29, 0.717) is 12.5 Å². The molecule has 0 aromatic rings. The number of nitriles is 1. The third-order valence-corrected chi connectivity index (χ3v) is 3.49. The van der Waals surface area contributed by atoms with Crippen molar-refractivity contribution in [3.8, 4) is 6.07 Å². The quantitative estimate of drug-likeness (QED) is 0.753. The summed E-state index contributed by atoms with van der Waals surface area (Å²) in [4.78, 5) is 0. The minimum Gasteiger partial charge on any atom is -0.313 e. The lowest BCUT2D eigenvalue weighted by atomic mass is 9.81. The van der Waals surface area contributed by atoms with Crippen LogP contribution in [0.15, 0.2) is 0 Å². The average Bonchev–Trinajstić information content (AvgIpc) is 2.18. The fourth-order valence-corrected chi connectivity index (χ4v) is 2.56. The van der Waals surface area contributed by atoms with E-state index in [4.69, 9.17) is 5.26 Å². The maximum Gasteiger partial charge on any atom is 0.0638 e. The fraction of sp³-hybridized carbons (Fsp3) is 0.923. The number of hydrogen-bond acceptors (Lipinski definition) is 2. The van der Waals surface area contributed by atoms with Gasteiger partial charge in [-0.15, -0.1) is 0 Å². The minimum absolute atomic E-state index is 0.357. The van der Waals surface area contributed by atoms with Gasteiger partial charge in [0, 0.05) is 6.04 Å². The van der Waals surface area contributed by atoms with Gasteiger partial charge in [0.15, 0.2) is 0 Å². The van der Waals surface area contributed by atoms with Crippen LogP contribution < -0.4 is 5.32 Å². The number of nitrogens with zero attached hydrogens (tertiary/aromatic N) is 1. The molecular formula is C13H24N2. The molecule has 1 fully saturated rings. The van der Waals surface area contributed by atoms with Crippen molar-refractivity contribution in [2.75, 3.05) is 6.54 Å². The predicted octanol–water partition coefficient (Wildman–Crippen LogP) is 3.09. The van der Waals surface area contributed by atoms with Crippen LogP contribution in [0.5, 0.6) is 0 Å². The monoisotopic (exact) mass is 208 g/mol. The molecule has 3 atom stereocenters. The zero-order chi connectivity index (χ0) is 11.1. The minimum atomic E-state index is 0.357. The van der Waals surface area contributed by atoms with Gasteiger partial charge in [-0.2, -0.15) is 5.26 Å². The Bertz CT molecular complexity index is 207. The molecule has 0 aromatic heterocycles. The lowest BCUT2D eigenvalue weighted by molar-refractivity contribution is 0.265. The van der Waals surface area contributed by atoms with Crippen LogP contribution in [0.2, 0.25) is 0 Å². The molecule has 1 saturated carbocycles. The summed E-state index contributed by atoms with van der Waals surface area (Å²) in [5.74, 6) is 1.86. The summed E-state index contributed by atoms with van der Waals surface area (Å²) in [6.07, 6.45) is 7.59. The van der Waals surface area contributed by atoms with E-state index in [-0.39, 0.29) is 0 Å². The molecule has 0 aromatic carbocycles. The van der Waals surface area contributed by atoms with E-state index >= 15 is 0 Å². The molecule has 2 nitrogen and oxygen atoms in total. The van der Waals surface area contributed by atoms with Gasteiger partial charge >= 0.3 is 0 Å². The molecule has 1 aliphatic carbocycles. The molecule has 86 valence electrons. The van der Waals surface area contributed by atoms with Crippen molar-refractivity contribution in [2.45, 2.75) is 58.4 Å². The summed E-state index contributed by atoms with van der Waals surface area (Å²) in [5.41, 5.74) is 0. The molecular weight excluding hydrogens is 184 g/mol. The van der Waals surface area contributed by atoms with Crippen molar-refractivity contribution in [3.63, 3.8) is 0 Å². The van der Waals surface area contributed by atoms with Crippen LogP contribution in [0, 0.1) is 23.2 Å². The Morgan fingerprint density at radius 3 is 2.93 bits per heavy atom. The van der Waals surface area contributed by atoms with Gasteiger partial charge in [0.2, 0.25) is 0 Å². The largest absolute Gasteiger partial charge is 0.313 e. The summed E-state index contributed by atoms with van der Waals surface area (Å²) < 4.78 is 0. The van der Waals surface area contributed by atoms with E-state index in [1.165, 1.54) is 32.1 Å². The summed E-state index contributed by atoms with van der Waals surface area (Å²) >= 11 is 0. The van der Waals surface area contributed by atoms with Crippen LogP contribution in [-0.2, 0) is 0 Å². The highest BCUT2D eigenvalue weighted by atomic mass is 14.9. The number of rotatable bonds is 5. The first-order valence-electron chi connectivity index (χ1n) is 6.32. The molecule has 3 unspecified atom stereocenters. The SMILES string of the molecule is CC1CCCC(CCNC(C)CC#N)C1. The Balaban J connectivity index is 2.06. The molecule has 0 saturated heterocycles. The van der Waals surface area contributed by atoms with Crippen molar-refractivity contribution in [1.82, 2.24) is 5.32 Å². The topological polar surface area (TPSA) is 35.8 Å². The smallest absolute Gasteiger partial charge is 0.0638 e. The van der Waals surface area contributed by atoms with Gasteiger partial charge in [0.25, 0.3) is 0 Å². The van der Waals surface area contributed by atoms with Crippen LogP contribution in [-0.4, -0.2) is 12.6 Å². The molecule has 0 amide bonds. The first kappa shape index (κ1) is 12.5. The third kappa shape index (κ3) is 5.18. The standard InChI is InChI=1S/C13H24N2/c1-11-4-3-5-13(10-11)7-9-15-12(2)6-8-14/h11-13,15H,3-7,9-10H2,1-2H3. The first-order valence-corrected chi connectivity index (χ1v) is 6.32. The van der Waals surface area contributed by atoms with Crippen molar-refractivity contribution >= 4 is 0 Å². The van der Waals surface area contributed by atoms with Gasteiger partial charge in [-0.1, -0.05) is 26.2 Å². The van der Waals surface area contributed by atoms with Crippen molar-refractivity contribution < 1.29 is 0 Å². The van der Waals surface area contributed by atoms with Crippen molar-refractivity contribution in [1.29, 1.82) is 5.26 Å². The second-order valence-corrected chi connectivity index (χ2v) is 5.14. The Morgan fingerprint density at radius 2 is 2.27 bits per heavy atom. The number of nitrogens with one attached hydrogen (secondary N) is 1. The van der Waals surface area contributed by atoms with E-state index in [0.717, 1.165) is 18.4 Å². The highest BCUT2D eigenvalue weighted by Gasteiger charge is 2.18. The Morgan fingerprint density at radius 1 is 1.47 bits per heavy atom. The summed E-state index contributed by atoms with van der Waals surface area (Å²) in [5, 5.41) is 12.0. The van der Waals surface area contributed by atoms with Gasteiger partial charge in [0.1, 0.15) is 0 Å². The van der Waals surface area contributed by atoms with Crippen LogP contribution in [0.1, 0.15) is 52.4 Å². The molecule has 0 aliphatic heterocycles. The van der Waals surface area contributed by atoms with Gasteiger partial charge < -0.3 is 5.32 Å². The highest BCUT2D eigenvalue weighted by Crippen LogP contribution is 2.30. The molecule has 2 heteroatoms. The van der Waals surface area contributed by atoms with Crippen molar-refractivity contribution in [2.24, 2.45) is 11.8 Å². The fourth-order valence-electron chi connectivity index (χ4n) is 2.56. The Kier molecular flexibility index (Phi) is 5.71. The summed E-state index contributed by atoms with van der Waals surface area (Å²) in [6, 6.07) is 2.56. The van der Waals surface area contributed by atoms with Crippen LogP contribution >= 0.6 is 0 Å². The van der Waals surface area contributed by atoms with Crippen LogP contribution in [0.3, 0.4) is 0 Å². The Hall–Kier alpha value is -0.550. The highest BCUT2D eigenvalue weighted by molar-refractivity contribution is 4.78. The third-order valence-electron chi connectivity index (χ3n) is 3.49. The van der Waals surface area contributed by atoms with Gasteiger partial charge in [-0.25, -0.2) is 0 Å². The first-order chi connectivity index (χ1) is 7.22. The maximum absolute atomic E-state index is 8.53. The second-order valence-electron chi connectivity index (χ2n) is 5.14. The maximum atomic E-state index is 8.53. The predicted molar refractivity (Wildman–Crippen MR) is 63.4 cm³/mol. The average molecular weight is 208 g/mol. The van der Waals surface area contributed by atoms with E-state index in [1.54, 1.807) is 0 Å². The molecule has 0 bridgehead atoms. The van der Waals surface area contributed by atoms with E-state index in [9.17, 15) is 0 Å². The molecule has 1 aliphatic rings. The van der Waals surface area contributed by atoms with Gasteiger partial charge in [0.05, 0.1) is 12.5 Å². The van der Waals surface area contributed by atoms with E-state index < -0.39 is 0 Å². The normalized spacial score (nSPS) is 28.3. The van der Waals surface area contributed by atoms with Gasteiger partial charge in [-0.3, -0.25) is 0 Å². The molecule has 0 spiro atoms. The summed E-state index contributed by atoms with van der Waals surface area (Å²) in [6.45, 7) is 5.55. The summed E-state index contributed by atoms with van der Waals surface area (Å²) in [7, 11) is 0. The van der Waals surface area contributed by atoms with E-state index in [2.05, 4.69) is 25.2 Å².